The summed E-state index contributed by atoms with van der Waals surface area (Å²) in [4.78, 5) is 22.1. The van der Waals surface area contributed by atoms with Gasteiger partial charge >= 0.3 is 5.97 Å². The molecule has 114 valence electrons. The lowest BCUT2D eigenvalue weighted by atomic mass is 10.2. The third kappa shape index (κ3) is 4.05. The van der Waals surface area contributed by atoms with Crippen LogP contribution in [-0.2, 0) is 0 Å². The minimum absolute atomic E-state index is 0.130. The molecule has 0 aliphatic carbocycles. The van der Waals surface area contributed by atoms with Crippen LogP contribution in [-0.4, -0.2) is 17.5 Å². The Morgan fingerprint density at radius 3 is 2.50 bits per heavy atom. The fourth-order valence-corrected chi connectivity index (χ4v) is 1.73. The summed E-state index contributed by atoms with van der Waals surface area (Å²) in [5, 5.41) is 10.7. The second kappa shape index (κ2) is 7.21. The first kappa shape index (κ1) is 15.5. The number of non-ortho nitro benzene ring substituents is 1. The molecule has 0 saturated carbocycles. The van der Waals surface area contributed by atoms with E-state index in [0.717, 1.165) is 6.42 Å². The van der Waals surface area contributed by atoms with Crippen LogP contribution in [0.25, 0.3) is 0 Å². The van der Waals surface area contributed by atoms with Crippen molar-refractivity contribution < 1.29 is 19.2 Å². The van der Waals surface area contributed by atoms with Crippen LogP contribution in [0.2, 0.25) is 0 Å². The molecule has 2 aromatic carbocycles. The second-order valence-corrected chi connectivity index (χ2v) is 4.52. The maximum atomic E-state index is 12.0. The largest absolute Gasteiger partial charge is 0.494 e. The zero-order chi connectivity index (χ0) is 15.9. The van der Waals surface area contributed by atoms with Gasteiger partial charge in [-0.2, -0.15) is 0 Å². The number of nitrogens with zero attached hydrogens (tertiary/aromatic N) is 1. The Labute approximate surface area is 127 Å². The highest BCUT2D eigenvalue weighted by atomic mass is 16.6. The van der Waals surface area contributed by atoms with Gasteiger partial charge in [-0.25, -0.2) is 4.79 Å². The Bertz CT molecular complexity index is 666. The first-order valence-corrected chi connectivity index (χ1v) is 6.79. The van der Waals surface area contributed by atoms with E-state index in [1.807, 2.05) is 6.92 Å². The highest BCUT2D eigenvalue weighted by Gasteiger charge is 2.12. The summed E-state index contributed by atoms with van der Waals surface area (Å²) >= 11 is 0. The average Bonchev–Trinajstić information content (AvgIpc) is 2.53. The summed E-state index contributed by atoms with van der Waals surface area (Å²) in [6, 6.07) is 12.0. The molecule has 0 unspecified atom stereocenters. The van der Waals surface area contributed by atoms with E-state index in [4.69, 9.17) is 9.47 Å². The van der Waals surface area contributed by atoms with Gasteiger partial charge in [0.05, 0.1) is 23.2 Å². The molecule has 0 radical (unpaired) electrons. The van der Waals surface area contributed by atoms with E-state index in [0.29, 0.717) is 17.9 Å². The molecule has 6 heteroatoms. The lowest BCUT2D eigenvalue weighted by Crippen LogP contribution is -2.08. The van der Waals surface area contributed by atoms with Crippen LogP contribution in [0.15, 0.2) is 48.5 Å². The predicted molar refractivity (Wildman–Crippen MR) is 80.3 cm³/mol. The average molecular weight is 301 g/mol. The second-order valence-electron chi connectivity index (χ2n) is 4.52. The minimum Gasteiger partial charge on any atom is -0.494 e. The van der Waals surface area contributed by atoms with Crippen LogP contribution in [0, 0.1) is 10.1 Å². The van der Waals surface area contributed by atoms with Gasteiger partial charge < -0.3 is 9.47 Å². The summed E-state index contributed by atoms with van der Waals surface area (Å²) in [6.45, 7) is 2.61. The van der Waals surface area contributed by atoms with Gasteiger partial charge in [0.15, 0.2) is 0 Å². The number of benzene rings is 2. The van der Waals surface area contributed by atoms with Crippen molar-refractivity contribution in [1.29, 1.82) is 0 Å². The van der Waals surface area contributed by atoms with Crippen molar-refractivity contribution in [2.75, 3.05) is 6.61 Å². The Hall–Kier alpha value is -2.89. The Morgan fingerprint density at radius 2 is 1.86 bits per heavy atom. The lowest BCUT2D eigenvalue weighted by Gasteiger charge is -2.06. The van der Waals surface area contributed by atoms with Crippen molar-refractivity contribution in [2.24, 2.45) is 0 Å². The molecule has 22 heavy (non-hydrogen) atoms. The summed E-state index contributed by atoms with van der Waals surface area (Å²) < 4.78 is 10.6. The molecule has 6 nitrogen and oxygen atoms in total. The van der Waals surface area contributed by atoms with Gasteiger partial charge in [0, 0.05) is 6.07 Å². The Morgan fingerprint density at radius 1 is 1.14 bits per heavy atom. The monoisotopic (exact) mass is 301 g/mol. The van der Waals surface area contributed by atoms with Crippen molar-refractivity contribution in [3.05, 3.63) is 64.2 Å². The van der Waals surface area contributed by atoms with Crippen LogP contribution in [0.4, 0.5) is 5.69 Å². The quantitative estimate of drug-likeness (QED) is 0.352. The summed E-state index contributed by atoms with van der Waals surface area (Å²) in [5.41, 5.74) is 0.212. The number of hydrogen-bond acceptors (Lipinski definition) is 5. The molecule has 2 rings (SSSR count). The van der Waals surface area contributed by atoms with E-state index >= 15 is 0 Å². The third-order valence-corrected chi connectivity index (χ3v) is 2.80. The van der Waals surface area contributed by atoms with Gasteiger partial charge in [-0.05, 0) is 36.8 Å². The number of nitro groups is 1. The highest BCUT2D eigenvalue weighted by Crippen LogP contribution is 2.21. The third-order valence-electron chi connectivity index (χ3n) is 2.80. The molecule has 2 aromatic rings. The topological polar surface area (TPSA) is 78.7 Å². The van der Waals surface area contributed by atoms with Crippen LogP contribution in [0.3, 0.4) is 0 Å². The molecule has 0 fully saturated rings. The lowest BCUT2D eigenvalue weighted by molar-refractivity contribution is -0.384. The normalized spacial score (nSPS) is 10.0. The number of rotatable bonds is 6. The Kier molecular flexibility index (Phi) is 5.08. The number of esters is 1. The van der Waals surface area contributed by atoms with Crippen molar-refractivity contribution >= 4 is 11.7 Å². The van der Waals surface area contributed by atoms with E-state index in [9.17, 15) is 14.9 Å². The van der Waals surface area contributed by atoms with E-state index in [1.54, 1.807) is 24.3 Å². The summed E-state index contributed by atoms with van der Waals surface area (Å²) in [6.07, 6.45) is 0.899. The van der Waals surface area contributed by atoms with Crippen LogP contribution < -0.4 is 9.47 Å². The van der Waals surface area contributed by atoms with Crippen LogP contribution in [0.1, 0.15) is 23.7 Å². The zero-order valence-corrected chi connectivity index (χ0v) is 12.0. The van der Waals surface area contributed by atoms with E-state index < -0.39 is 10.9 Å². The maximum absolute atomic E-state index is 12.0. The molecule has 0 amide bonds. The summed E-state index contributed by atoms with van der Waals surface area (Å²) in [7, 11) is 0. The first-order chi connectivity index (χ1) is 10.6. The number of carbonyl (C=O) groups is 1. The molecule has 0 bridgehead atoms. The number of carbonyl (C=O) groups excluding carboxylic acids is 1. The molecule has 0 aromatic heterocycles. The minimum atomic E-state index is -0.581. The SMILES string of the molecule is CCCOc1ccc(C(=O)Oc2cccc([N+](=O)[O-])c2)cc1. The molecular weight excluding hydrogens is 286 g/mol. The van der Waals surface area contributed by atoms with Crippen molar-refractivity contribution in [2.45, 2.75) is 13.3 Å². The summed E-state index contributed by atoms with van der Waals surface area (Å²) in [5.74, 6) is 0.224. The molecular formula is C16H15NO5. The van der Waals surface area contributed by atoms with Gasteiger partial charge in [-0.3, -0.25) is 10.1 Å². The van der Waals surface area contributed by atoms with E-state index in [-0.39, 0.29) is 11.4 Å². The number of nitro benzene ring substituents is 1. The maximum Gasteiger partial charge on any atom is 0.343 e. The fourth-order valence-electron chi connectivity index (χ4n) is 1.73. The smallest absolute Gasteiger partial charge is 0.343 e. The number of hydrogen-bond donors (Lipinski definition) is 0. The highest BCUT2D eigenvalue weighted by molar-refractivity contribution is 5.91. The van der Waals surface area contributed by atoms with E-state index in [2.05, 4.69) is 0 Å². The first-order valence-electron chi connectivity index (χ1n) is 6.79. The number of ether oxygens (including phenoxy) is 2. The molecule has 0 N–H and O–H groups in total. The van der Waals surface area contributed by atoms with Gasteiger partial charge in [-0.1, -0.05) is 13.0 Å². The molecule has 0 aliphatic heterocycles. The Balaban J connectivity index is 2.05. The van der Waals surface area contributed by atoms with Crippen molar-refractivity contribution in [3.8, 4) is 11.5 Å². The van der Waals surface area contributed by atoms with Gasteiger partial charge in [-0.15, -0.1) is 0 Å². The van der Waals surface area contributed by atoms with Gasteiger partial charge in [0.1, 0.15) is 11.5 Å². The molecule has 0 aliphatic rings. The zero-order valence-electron chi connectivity index (χ0n) is 12.0. The van der Waals surface area contributed by atoms with Gasteiger partial charge in [0.25, 0.3) is 5.69 Å². The molecule has 0 atom stereocenters. The van der Waals surface area contributed by atoms with Crippen molar-refractivity contribution in [1.82, 2.24) is 0 Å². The molecule has 0 saturated heterocycles. The fraction of sp³-hybridized carbons (Fsp3) is 0.188. The van der Waals surface area contributed by atoms with Crippen LogP contribution >= 0.6 is 0 Å². The van der Waals surface area contributed by atoms with Crippen LogP contribution in [0.5, 0.6) is 11.5 Å². The standard InChI is InChI=1S/C16H15NO5/c1-2-10-21-14-8-6-12(7-9-14)16(18)22-15-5-3-4-13(11-15)17(19)20/h3-9,11H,2,10H2,1H3. The van der Waals surface area contributed by atoms with E-state index in [1.165, 1.54) is 24.3 Å². The van der Waals surface area contributed by atoms with Gasteiger partial charge in [0.2, 0.25) is 0 Å². The molecule has 0 heterocycles. The van der Waals surface area contributed by atoms with Crippen molar-refractivity contribution in [3.63, 3.8) is 0 Å². The molecule has 0 spiro atoms. The predicted octanol–water partition coefficient (Wildman–Crippen LogP) is 3.60.